The van der Waals surface area contributed by atoms with E-state index in [1.54, 1.807) is 6.92 Å². The van der Waals surface area contributed by atoms with E-state index in [9.17, 15) is 4.79 Å². The van der Waals surface area contributed by atoms with Crippen LogP contribution in [0.4, 0.5) is 0 Å². The molecule has 20 heavy (non-hydrogen) atoms. The molecule has 1 aromatic carbocycles. The first-order chi connectivity index (χ1) is 9.63. The second-order valence-electron chi connectivity index (χ2n) is 4.38. The van der Waals surface area contributed by atoms with Gasteiger partial charge < -0.3 is 15.0 Å². The number of ether oxygens (including phenoxy) is 1. The third-order valence-corrected chi connectivity index (χ3v) is 3.28. The molecule has 0 aliphatic carbocycles. The lowest BCUT2D eigenvalue weighted by molar-refractivity contribution is -0.144. The Morgan fingerprint density at radius 2 is 2.10 bits per heavy atom. The molecule has 0 aliphatic heterocycles. The topological polar surface area (TPSA) is 57.2 Å². The zero-order chi connectivity index (χ0) is 14.5. The molecule has 1 heterocycles. The van der Waals surface area contributed by atoms with Gasteiger partial charge in [0.15, 0.2) is 0 Å². The number of halogens is 1. The van der Waals surface area contributed by atoms with Crippen molar-refractivity contribution in [1.82, 2.24) is 4.57 Å². The van der Waals surface area contributed by atoms with Gasteiger partial charge in [0.2, 0.25) is 0 Å². The minimum Gasteiger partial charge on any atom is -0.465 e. The molecule has 0 bridgehead atoms. The molecule has 0 aliphatic rings. The summed E-state index contributed by atoms with van der Waals surface area (Å²) in [6.45, 7) is 2.09. The number of esters is 1. The molecule has 0 saturated heterocycles. The van der Waals surface area contributed by atoms with Crippen LogP contribution < -0.4 is 5.73 Å². The molecule has 2 rings (SSSR count). The lowest BCUT2D eigenvalue weighted by Gasteiger charge is -2.14. The van der Waals surface area contributed by atoms with Gasteiger partial charge in [0.05, 0.1) is 17.3 Å². The van der Waals surface area contributed by atoms with Crippen molar-refractivity contribution in [2.75, 3.05) is 6.61 Å². The van der Waals surface area contributed by atoms with Gasteiger partial charge in [0.25, 0.3) is 0 Å². The molecule has 2 aromatic rings. The van der Waals surface area contributed by atoms with Crippen LogP contribution in [-0.2, 0) is 16.0 Å². The number of hydrogen-bond donors (Lipinski definition) is 1. The van der Waals surface area contributed by atoms with Gasteiger partial charge in [0.1, 0.15) is 6.04 Å². The molecule has 5 heteroatoms. The van der Waals surface area contributed by atoms with Crippen LogP contribution in [0.5, 0.6) is 0 Å². The van der Waals surface area contributed by atoms with Crippen molar-refractivity contribution in [3.63, 3.8) is 0 Å². The molecule has 1 unspecified atom stereocenters. The van der Waals surface area contributed by atoms with E-state index in [1.807, 2.05) is 47.2 Å². The van der Waals surface area contributed by atoms with E-state index in [0.717, 1.165) is 11.4 Å². The van der Waals surface area contributed by atoms with Gasteiger partial charge in [-0.3, -0.25) is 4.79 Å². The predicted octanol–water partition coefficient (Wildman–Crippen LogP) is 2.56. The van der Waals surface area contributed by atoms with Gasteiger partial charge in [-0.2, -0.15) is 0 Å². The van der Waals surface area contributed by atoms with E-state index in [2.05, 4.69) is 0 Å². The Morgan fingerprint density at radius 1 is 1.35 bits per heavy atom. The maximum atomic E-state index is 11.6. The van der Waals surface area contributed by atoms with Crippen LogP contribution in [0.25, 0.3) is 5.69 Å². The Labute approximate surface area is 123 Å². The van der Waals surface area contributed by atoms with Gasteiger partial charge >= 0.3 is 5.97 Å². The second-order valence-corrected chi connectivity index (χ2v) is 4.79. The molecule has 4 nitrogen and oxygen atoms in total. The molecule has 0 saturated carbocycles. The van der Waals surface area contributed by atoms with Crippen molar-refractivity contribution in [1.29, 1.82) is 0 Å². The highest BCUT2D eigenvalue weighted by Crippen LogP contribution is 2.22. The van der Waals surface area contributed by atoms with Crippen molar-refractivity contribution < 1.29 is 9.53 Å². The summed E-state index contributed by atoms with van der Waals surface area (Å²) in [6.07, 6.45) is 2.30. The number of carbonyl (C=O) groups is 1. The number of nitrogens with two attached hydrogens (primary N) is 1. The highest BCUT2D eigenvalue weighted by molar-refractivity contribution is 6.32. The molecule has 0 fully saturated rings. The lowest BCUT2D eigenvalue weighted by atomic mass is 10.1. The summed E-state index contributed by atoms with van der Waals surface area (Å²) in [5.41, 5.74) is 7.64. The van der Waals surface area contributed by atoms with Crippen molar-refractivity contribution in [3.05, 3.63) is 53.3 Å². The van der Waals surface area contributed by atoms with Crippen LogP contribution in [0.15, 0.2) is 42.6 Å². The predicted molar refractivity (Wildman–Crippen MR) is 79.1 cm³/mol. The van der Waals surface area contributed by atoms with Gasteiger partial charge in [-0.15, -0.1) is 0 Å². The average Bonchev–Trinajstić information content (AvgIpc) is 2.87. The summed E-state index contributed by atoms with van der Waals surface area (Å²) in [4.78, 5) is 11.6. The molecule has 0 radical (unpaired) electrons. The molecule has 106 valence electrons. The number of rotatable bonds is 5. The normalized spacial score (nSPS) is 12.2. The molecule has 0 spiro atoms. The first-order valence-electron chi connectivity index (χ1n) is 6.46. The van der Waals surface area contributed by atoms with Gasteiger partial charge in [-0.25, -0.2) is 0 Å². The van der Waals surface area contributed by atoms with Crippen LogP contribution in [0, 0.1) is 0 Å². The molecule has 1 atom stereocenters. The highest BCUT2D eigenvalue weighted by Gasteiger charge is 2.17. The lowest BCUT2D eigenvalue weighted by Crippen LogP contribution is -2.34. The fourth-order valence-electron chi connectivity index (χ4n) is 2.02. The van der Waals surface area contributed by atoms with Crippen molar-refractivity contribution in [2.45, 2.75) is 19.4 Å². The second kappa shape index (κ2) is 6.59. The van der Waals surface area contributed by atoms with Crippen LogP contribution >= 0.6 is 11.6 Å². The Bertz CT molecular complexity index is 595. The number of hydrogen-bond acceptors (Lipinski definition) is 3. The number of benzene rings is 1. The Hall–Kier alpha value is -1.78. The summed E-state index contributed by atoms with van der Waals surface area (Å²) >= 11 is 6.19. The number of nitrogens with zero attached hydrogens (tertiary/aromatic N) is 1. The standard InChI is InChI=1S/C15H17ClN2O2/c1-2-20-15(19)13(17)10-11-6-5-9-18(11)14-8-4-3-7-12(14)16/h3-9,13H,2,10,17H2,1H3. The molecular weight excluding hydrogens is 276 g/mol. The summed E-state index contributed by atoms with van der Waals surface area (Å²) in [7, 11) is 0. The first-order valence-corrected chi connectivity index (χ1v) is 6.84. The Morgan fingerprint density at radius 3 is 2.80 bits per heavy atom. The molecule has 2 N–H and O–H groups in total. The SMILES string of the molecule is CCOC(=O)C(N)Cc1cccn1-c1ccccc1Cl. The number of aromatic nitrogens is 1. The fraction of sp³-hybridized carbons (Fsp3) is 0.267. The zero-order valence-electron chi connectivity index (χ0n) is 11.3. The van der Waals surface area contributed by atoms with E-state index in [4.69, 9.17) is 22.1 Å². The first kappa shape index (κ1) is 14.6. The van der Waals surface area contributed by atoms with E-state index in [0.29, 0.717) is 18.1 Å². The Kier molecular flexibility index (Phi) is 4.82. The molecule has 1 aromatic heterocycles. The summed E-state index contributed by atoms with van der Waals surface area (Å²) in [5.74, 6) is -0.389. The van der Waals surface area contributed by atoms with Crippen molar-refractivity contribution in [2.24, 2.45) is 5.73 Å². The maximum Gasteiger partial charge on any atom is 0.323 e. The van der Waals surface area contributed by atoms with E-state index in [-0.39, 0.29) is 5.97 Å². The quantitative estimate of drug-likeness (QED) is 0.862. The Balaban J connectivity index is 2.22. The maximum absolute atomic E-state index is 11.6. The van der Waals surface area contributed by atoms with Gasteiger partial charge in [-0.05, 0) is 31.2 Å². The van der Waals surface area contributed by atoms with Crippen molar-refractivity contribution in [3.8, 4) is 5.69 Å². The van der Waals surface area contributed by atoms with Crippen molar-refractivity contribution >= 4 is 17.6 Å². The largest absolute Gasteiger partial charge is 0.465 e. The minimum absolute atomic E-state index is 0.331. The van der Waals surface area contributed by atoms with Crippen LogP contribution in [0.1, 0.15) is 12.6 Å². The van der Waals surface area contributed by atoms with Gasteiger partial charge in [0, 0.05) is 18.3 Å². The average molecular weight is 293 g/mol. The van der Waals surface area contributed by atoms with Gasteiger partial charge in [-0.1, -0.05) is 23.7 Å². The third-order valence-electron chi connectivity index (χ3n) is 2.96. The number of carbonyl (C=O) groups excluding carboxylic acids is 1. The van der Waals surface area contributed by atoms with Crippen LogP contribution in [0.3, 0.4) is 0 Å². The zero-order valence-corrected chi connectivity index (χ0v) is 12.0. The minimum atomic E-state index is -0.675. The summed E-state index contributed by atoms with van der Waals surface area (Å²) in [6, 6.07) is 10.7. The molecule has 0 amide bonds. The van der Waals surface area contributed by atoms with E-state index in [1.165, 1.54) is 0 Å². The van der Waals surface area contributed by atoms with E-state index >= 15 is 0 Å². The highest BCUT2D eigenvalue weighted by atomic mass is 35.5. The number of para-hydroxylation sites is 1. The summed E-state index contributed by atoms with van der Waals surface area (Å²) < 4.78 is 6.85. The van der Waals surface area contributed by atoms with Crippen LogP contribution in [-0.4, -0.2) is 23.2 Å². The monoisotopic (exact) mass is 292 g/mol. The molecular formula is C15H17ClN2O2. The smallest absolute Gasteiger partial charge is 0.323 e. The van der Waals surface area contributed by atoms with Crippen LogP contribution in [0.2, 0.25) is 5.02 Å². The summed E-state index contributed by atoms with van der Waals surface area (Å²) in [5, 5.41) is 0.648. The third kappa shape index (κ3) is 3.21. The fourth-order valence-corrected chi connectivity index (χ4v) is 2.25. The van der Waals surface area contributed by atoms with E-state index < -0.39 is 6.04 Å².